The van der Waals surface area contributed by atoms with E-state index in [4.69, 9.17) is 4.42 Å². The maximum atomic E-state index is 5.01. The number of para-hydroxylation sites is 9. The lowest BCUT2D eigenvalue weighted by atomic mass is 10.2. The van der Waals surface area contributed by atoms with Crippen molar-refractivity contribution in [3.63, 3.8) is 0 Å². The summed E-state index contributed by atoms with van der Waals surface area (Å²) in [6.45, 7) is 0. The minimum atomic E-state index is 0.637. The second-order valence-electron chi connectivity index (χ2n) is 20.6. The van der Waals surface area contributed by atoms with Gasteiger partial charge in [0.1, 0.15) is 29.2 Å². The van der Waals surface area contributed by atoms with Gasteiger partial charge in [-0.05, 0) is 106 Å². The number of H-pyrrole nitrogens is 4. The van der Waals surface area contributed by atoms with Crippen molar-refractivity contribution in [2.45, 2.75) is 0 Å². The van der Waals surface area contributed by atoms with Gasteiger partial charge in [-0.1, -0.05) is 158 Å². The lowest BCUT2D eigenvalue weighted by Gasteiger charge is -1.91. The molecule has 0 bridgehead atoms. The first kappa shape index (κ1) is 64.0. The van der Waals surface area contributed by atoms with E-state index < -0.39 is 0 Å². The van der Waals surface area contributed by atoms with Crippen LogP contribution in [0.5, 0.6) is 0 Å². The Hall–Kier alpha value is -13.2. The Labute approximate surface area is 562 Å². The van der Waals surface area contributed by atoms with E-state index in [0.717, 1.165) is 55.1 Å². The van der Waals surface area contributed by atoms with E-state index in [1.165, 1.54) is 71.8 Å². The molecule has 97 heavy (non-hydrogen) atoms. The summed E-state index contributed by atoms with van der Waals surface area (Å²) in [5.74, 6) is 0. The summed E-state index contributed by atoms with van der Waals surface area (Å²) in [5, 5.41) is 17.6. The van der Waals surface area contributed by atoms with Gasteiger partial charge in [-0.25, -0.2) is 49.8 Å². The van der Waals surface area contributed by atoms with E-state index >= 15 is 0 Å². The number of imidazole rings is 2. The molecule has 20 heteroatoms. The Balaban J connectivity index is 0.000000103. The fraction of sp³-hybridized carbons (Fsp3) is 0. The molecular formula is C77H59N17OS2. The zero-order valence-electron chi connectivity index (χ0n) is 51.8. The van der Waals surface area contributed by atoms with Gasteiger partial charge in [-0.3, -0.25) is 15.1 Å². The van der Waals surface area contributed by atoms with Crippen molar-refractivity contribution in [1.82, 2.24) is 85.0 Å². The number of hydrogen-bond donors (Lipinski definition) is 4. The number of aromatic nitrogens is 17. The van der Waals surface area contributed by atoms with Gasteiger partial charge in [0.15, 0.2) is 23.3 Å². The van der Waals surface area contributed by atoms with E-state index in [1.54, 1.807) is 60.1 Å². The molecule has 21 aromatic rings. The van der Waals surface area contributed by atoms with Crippen LogP contribution in [0.25, 0.3) is 119 Å². The fourth-order valence-corrected chi connectivity index (χ4v) is 11.0. The largest absolute Gasteiger partial charge is 0.443 e. The number of hydrogen-bond acceptors (Lipinski definition) is 16. The molecule has 18 nitrogen and oxygen atoms in total. The van der Waals surface area contributed by atoms with Gasteiger partial charge >= 0.3 is 0 Å². The number of thiazole rings is 1. The van der Waals surface area contributed by atoms with Crippen LogP contribution in [-0.2, 0) is 0 Å². The molecule has 0 atom stereocenters. The molecule has 0 unspecified atom stereocenters. The van der Waals surface area contributed by atoms with Gasteiger partial charge in [-0.15, -0.1) is 22.7 Å². The van der Waals surface area contributed by atoms with Gasteiger partial charge in [-0.2, -0.15) is 5.10 Å². The van der Waals surface area contributed by atoms with Gasteiger partial charge in [0, 0.05) is 68.3 Å². The molecule has 0 fully saturated rings. The zero-order valence-corrected chi connectivity index (χ0v) is 53.4. The highest BCUT2D eigenvalue weighted by Crippen LogP contribution is 2.25. The molecule has 4 N–H and O–H groups in total. The zero-order chi connectivity index (χ0) is 65.7. The molecule has 12 heterocycles. The van der Waals surface area contributed by atoms with Crippen molar-refractivity contribution in [2.75, 3.05) is 0 Å². The van der Waals surface area contributed by atoms with Crippen LogP contribution >= 0.6 is 22.7 Å². The van der Waals surface area contributed by atoms with E-state index in [-0.39, 0.29) is 0 Å². The predicted octanol–water partition coefficient (Wildman–Crippen LogP) is 18.7. The van der Waals surface area contributed by atoms with Crippen molar-refractivity contribution in [3.8, 4) is 0 Å². The van der Waals surface area contributed by atoms with Gasteiger partial charge < -0.3 is 19.4 Å². The first-order chi connectivity index (χ1) is 48.1. The summed E-state index contributed by atoms with van der Waals surface area (Å²) < 4.78 is 7.64. The Kier molecular flexibility index (Phi) is 22.4. The second-order valence-corrected chi connectivity index (χ2v) is 22.4. The topological polar surface area (TPSA) is 244 Å². The SMILES string of the molecule is c1ccc2[nH]cnc2c1.c1ccc2[nH]ncc2c1.c1ccc2c(c1)[nH]c1ccccc12.c1ccc2cnccc2c1.c1ccc2ncccc2c1.c1ccc2ocnc2c1.c1ccc2sccc2c1.c1ccc2scnc2c1.c1cnc2ncncc2n1.c1ncc2[nH]cnc2n1. The molecule has 0 aliphatic rings. The fourth-order valence-electron chi connectivity index (χ4n) is 9.53. The third-order valence-electron chi connectivity index (χ3n) is 14.2. The molecule has 0 saturated carbocycles. The molecule has 0 saturated heterocycles. The lowest BCUT2D eigenvalue weighted by molar-refractivity contribution is 0.602. The highest BCUT2D eigenvalue weighted by molar-refractivity contribution is 7.17. The number of nitrogens with one attached hydrogen (secondary N) is 4. The second kappa shape index (κ2) is 33.9. The van der Waals surface area contributed by atoms with Crippen molar-refractivity contribution >= 4 is 142 Å². The lowest BCUT2D eigenvalue weighted by Crippen LogP contribution is -1.85. The average molecular weight is 1300 g/mol. The Morgan fingerprint density at radius 2 is 0.907 bits per heavy atom. The van der Waals surface area contributed by atoms with Crippen LogP contribution in [0.1, 0.15) is 0 Å². The summed E-state index contributed by atoms with van der Waals surface area (Å²) in [4.78, 5) is 56.9. The number of nitrogens with zero attached hydrogens (tertiary/aromatic N) is 13. The summed E-state index contributed by atoms with van der Waals surface area (Å²) in [7, 11) is 0. The summed E-state index contributed by atoms with van der Waals surface area (Å²) in [6.07, 6.45) is 21.5. The minimum absolute atomic E-state index is 0.637. The summed E-state index contributed by atoms with van der Waals surface area (Å²) >= 11 is 3.46. The molecule has 0 radical (unpaired) electrons. The van der Waals surface area contributed by atoms with Crippen LogP contribution in [0.3, 0.4) is 0 Å². The monoisotopic (exact) mass is 1300 g/mol. The molecule has 470 valence electrons. The maximum absolute atomic E-state index is 5.01. The van der Waals surface area contributed by atoms with Crippen molar-refractivity contribution in [3.05, 3.63) is 335 Å². The van der Waals surface area contributed by atoms with Crippen LogP contribution < -0.4 is 0 Å². The van der Waals surface area contributed by atoms with Crippen molar-refractivity contribution in [1.29, 1.82) is 0 Å². The highest BCUT2D eigenvalue weighted by atomic mass is 32.1. The van der Waals surface area contributed by atoms with E-state index in [9.17, 15) is 0 Å². The van der Waals surface area contributed by atoms with Crippen molar-refractivity contribution in [2.24, 2.45) is 0 Å². The first-order valence-electron chi connectivity index (χ1n) is 30.4. The number of aromatic amines is 4. The third-order valence-corrected chi connectivity index (χ3v) is 15.9. The quantitative estimate of drug-likeness (QED) is 0.110. The number of oxazole rings is 1. The number of thiophene rings is 1. The summed E-state index contributed by atoms with van der Waals surface area (Å²) in [5.41, 5.74) is 14.4. The summed E-state index contributed by atoms with van der Waals surface area (Å²) in [6, 6.07) is 81.3. The number of pyridine rings is 2. The average Bonchev–Trinajstić information content (AvgIpc) is 1.71. The third kappa shape index (κ3) is 18.1. The molecule has 12 aromatic heterocycles. The van der Waals surface area contributed by atoms with Gasteiger partial charge in [0.2, 0.25) is 0 Å². The number of rotatable bonds is 0. The smallest absolute Gasteiger partial charge is 0.181 e. The standard InChI is InChI=1S/C12H9N.2C9H7N.C8H6S.2C7H6N2.C7H5NO.C7H5NS.C6H4N4.C5H4N4/c1-3-7-11-9(5-1)10-6-2-4-8-12(10)13-11;1-2-6-9-8(4-1)5-3-7-10-9;1-2-4-9-7-10-6-5-8(9)3-1;1-2-4-8-7(3-1)5-6-9-8;1-2-4-7-6(3-1)8-5-9-7;1-2-4-7-6(3-1)5-8-9-7;2*1-2-4-7-6(3-1)8-5-9-7;1-2-9-6-5(8-1)3-7-4-10-6;1-4-5(8-2-6-1)9-3-7-4/h1-8,13H;2*1-7H;1-6H;2*1-5H,(H,8,9);2*1-5H;1-4H;1-3H,(H,6,7,8,9). The number of fused-ring (bicyclic) bond motifs is 12. The predicted molar refractivity (Wildman–Crippen MR) is 394 cm³/mol. The van der Waals surface area contributed by atoms with Crippen LogP contribution in [0.15, 0.2) is 339 Å². The molecule has 9 aromatic carbocycles. The molecular weight excluding hydrogens is 1240 g/mol. The van der Waals surface area contributed by atoms with E-state index in [2.05, 4.69) is 200 Å². The molecule has 0 spiro atoms. The Morgan fingerprint density at radius 1 is 0.309 bits per heavy atom. The minimum Gasteiger partial charge on any atom is -0.443 e. The Bertz CT molecular complexity index is 4730. The van der Waals surface area contributed by atoms with Gasteiger partial charge in [0.05, 0.1) is 69.0 Å². The van der Waals surface area contributed by atoms with Crippen LogP contribution in [0, 0.1) is 0 Å². The van der Waals surface area contributed by atoms with E-state index in [1.807, 2.05) is 164 Å². The first-order valence-corrected chi connectivity index (χ1v) is 32.2. The molecule has 21 rings (SSSR count). The molecule has 0 aliphatic carbocycles. The van der Waals surface area contributed by atoms with E-state index in [0.29, 0.717) is 11.3 Å². The normalized spacial score (nSPS) is 10.3. The molecule has 0 aliphatic heterocycles. The number of benzene rings is 9. The van der Waals surface area contributed by atoms with Crippen LogP contribution in [-0.4, -0.2) is 85.0 Å². The van der Waals surface area contributed by atoms with Crippen LogP contribution in [0.2, 0.25) is 0 Å². The van der Waals surface area contributed by atoms with Crippen LogP contribution in [0.4, 0.5) is 0 Å². The van der Waals surface area contributed by atoms with Crippen molar-refractivity contribution < 1.29 is 4.42 Å². The maximum Gasteiger partial charge on any atom is 0.181 e. The highest BCUT2D eigenvalue weighted by Gasteiger charge is 2.01. The van der Waals surface area contributed by atoms with Gasteiger partial charge in [0.25, 0.3) is 0 Å². The molecule has 0 amide bonds. The Morgan fingerprint density at radius 3 is 1.64 bits per heavy atom.